The number of hydrogen-bond donors (Lipinski definition) is 2. The van der Waals surface area contributed by atoms with Crippen LogP contribution in [0.1, 0.15) is 25.6 Å². The van der Waals surface area contributed by atoms with E-state index in [-0.39, 0.29) is 24.0 Å². The Morgan fingerprint density at radius 2 is 2.00 bits per heavy atom. The van der Waals surface area contributed by atoms with E-state index in [9.17, 15) is 0 Å². The van der Waals surface area contributed by atoms with Crippen molar-refractivity contribution in [3.05, 3.63) is 30.1 Å². The van der Waals surface area contributed by atoms with E-state index >= 15 is 0 Å². The van der Waals surface area contributed by atoms with Crippen molar-refractivity contribution in [2.75, 3.05) is 53.5 Å². The van der Waals surface area contributed by atoms with Crippen LogP contribution in [0, 0.1) is 6.92 Å². The summed E-state index contributed by atoms with van der Waals surface area (Å²) in [5.74, 6) is 1.95. The fraction of sp³-hybridized carbons (Fsp3) is 0.619. The number of likely N-dealkylation sites (N-methyl/N-ethyl adjacent to an activating group) is 1. The van der Waals surface area contributed by atoms with Gasteiger partial charge in [0.1, 0.15) is 5.82 Å². The van der Waals surface area contributed by atoms with Gasteiger partial charge in [-0.05, 0) is 45.9 Å². The Balaban J connectivity index is 0.00000420. The summed E-state index contributed by atoms with van der Waals surface area (Å²) >= 11 is 0. The summed E-state index contributed by atoms with van der Waals surface area (Å²) < 4.78 is 7.38. The number of aliphatic imine (C=N–C) groups is 1. The monoisotopic (exact) mass is 516 g/mol. The van der Waals surface area contributed by atoms with E-state index in [4.69, 9.17) is 9.73 Å². The molecular weight excluding hydrogens is 479 g/mol. The summed E-state index contributed by atoms with van der Waals surface area (Å²) in [4.78, 5) is 11.7. The molecule has 2 aromatic rings. The minimum Gasteiger partial charge on any atom is -0.385 e. The maximum atomic E-state index is 5.10. The SMILES string of the molecule is CCNC(=NCCCn1c(C)nc2ccccc21)NCCN(C)CCCOC.I. The highest BCUT2D eigenvalue weighted by atomic mass is 127. The molecule has 2 N–H and O–H groups in total. The first-order valence-electron chi connectivity index (χ1n) is 10.3. The fourth-order valence-electron chi connectivity index (χ4n) is 3.20. The Kier molecular flexibility index (Phi) is 12.9. The highest BCUT2D eigenvalue weighted by Gasteiger charge is 2.06. The van der Waals surface area contributed by atoms with Gasteiger partial charge < -0.3 is 24.8 Å². The van der Waals surface area contributed by atoms with Gasteiger partial charge in [-0.1, -0.05) is 12.1 Å². The van der Waals surface area contributed by atoms with Crippen molar-refractivity contribution in [3.63, 3.8) is 0 Å². The van der Waals surface area contributed by atoms with Gasteiger partial charge in [-0.3, -0.25) is 4.99 Å². The third-order valence-corrected chi connectivity index (χ3v) is 4.67. The van der Waals surface area contributed by atoms with Crippen LogP contribution >= 0.6 is 24.0 Å². The first-order valence-corrected chi connectivity index (χ1v) is 10.3. The van der Waals surface area contributed by atoms with Crippen molar-refractivity contribution in [2.24, 2.45) is 4.99 Å². The number of ether oxygens (including phenoxy) is 1. The van der Waals surface area contributed by atoms with Crippen molar-refractivity contribution < 1.29 is 4.74 Å². The number of hydrogen-bond acceptors (Lipinski definition) is 4. The average molecular weight is 516 g/mol. The Morgan fingerprint density at radius 1 is 1.21 bits per heavy atom. The topological polar surface area (TPSA) is 66.7 Å². The normalized spacial score (nSPS) is 11.7. The van der Waals surface area contributed by atoms with E-state index < -0.39 is 0 Å². The molecule has 8 heteroatoms. The van der Waals surface area contributed by atoms with E-state index in [1.54, 1.807) is 7.11 Å². The summed E-state index contributed by atoms with van der Waals surface area (Å²) in [6, 6.07) is 8.30. The molecule has 0 amide bonds. The number of nitrogens with zero attached hydrogens (tertiary/aromatic N) is 4. The van der Waals surface area contributed by atoms with Crippen LogP contribution in [0.3, 0.4) is 0 Å². The highest BCUT2D eigenvalue weighted by molar-refractivity contribution is 14.0. The van der Waals surface area contributed by atoms with Crippen molar-refractivity contribution in [1.29, 1.82) is 0 Å². The molecule has 0 fully saturated rings. The van der Waals surface area contributed by atoms with Gasteiger partial charge in [0.25, 0.3) is 0 Å². The fourth-order valence-corrected chi connectivity index (χ4v) is 3.20. The zero-order valence-corrected chi connectivity index (χ0v) is 20.6. The average Bonchev–Trinajstić information content (AvgIpc) is 3.00. The van der Waals surface area contributed by atoms with Gasteiger partial charge in [-0.25, -0.2) is 4.98 Å². The molecule has 0 unspecified atom stereocenters. The van der Waals surface area contributed by atoms with Gasteiger partial charge in [0.15, 0.2) is 5.96 Å². The van der Waals surface area contributed by atoms with Gasteiger partial charge in [-0.2, -0.15) is 0 Å². The zero-order chi connectivity index (χ0) is 20.2. The summed E-state index contributed by atoms with van der Waals surface area (Å²) in [6.07, 6.45) is 2.04. The quantitative estimate of drug-likeness (QED) is 0.197. The number of rotatable bonds is 12. The summed E-state index contributed by atoms with van der Waals surface area (Å²) in [7, 11) is 3.89. The van der Waals surface area contributed by atoms with E-state index in [0.717, 1.165) is 76.0 Å². The third kappa shape index (κ3) is 8.88. The van der Waals surface area contributed by atoms with E-state index in [2.05, 4.69) is 64.2 Å². The largest absolute Gasteiger partial charge is 0.385 e. The third-order valence-electron chi connectivity index (χ3n) is 4.67. The lowest BCUT2D eigenvalue weighted by atomic mass is 10.3. The summed E-state index contributed by atoms with van der Waals surface area (Å²) in [5, 5.41) is 6.75. The molecule has 29 heavy (non-hydrogen) atoms. The number of fused-ring (bicyclic) bond motifs is 1. The van der Waals surface area contributed by atoms with E-state index in [1.165, 1.54) is 5.52 Å². The maximum absolute atomic E-state index is 5.10. The Bertz CT molecular complexity index is 733. The number of methoxy groups -OCH3 is 1. The standard InChI is InChI=1S/C21H36N6O.HI/c1-5-22-21(24-13-16-26(3)14-9-17-28-4)23-12-8-15-27-18(2)25-19-10-6-7-11-20(19)27;/h6-7,10-11H,5,8-9,12-17H2,1-4H3,(H2,22,23,24);1H. The Morgan fingerprint density at radius 3 is 2.76 bits per heavy atom. The number of aromatic nitrogens is 2. The van der Waals surface area contributed by atoms with Gasteiger partial charge in [0.05, 0.1) is 11.0 Å². The van der Waals surface area contributed by atoms with Gasteiger partial charge >= 0.3 is 0 Å². The van der Waals surface area contributed by atoms with Crippen molar-refractivity contribution in [3.8, 4) is 0 Å². The summed E-state index contributed by atoms with van der Waals surface area (Å²) in [6.45, 7) is 10.4. The second-order valence-electron chi connectivity index (χ2n) is 6.99. The molecule has 164 valence electrons. The molecular formula is C21H37IN6O. The van der Waals surface area contributed by atoms with Crippen LogP contribution in [-0.2, 0) is 11.3 Å². The molecule has 0 atom stereocenters. The minimum atomic E-state index is 0. The van der Waals surface area contributed by atoms with E-state index in [0.29, 0.717) is 0 Å². The first-order chi connectivity index (χ1) is 13.7. The molecule has 0 spiro atoms. The molecule has 0 aliphatic heterocycles. The van der Waals surface area contributed by atoms with Crippen LogP contribution in [-0.4, -0.2) is 73.9 Å². The van der Waals surface area contributed by atoms with Crippen LogP contribution < -0.4 is 10.6 Å². The number of halogens is 1. The smallest absolute Gasteiger partial charge is 0.191 e. The lowest BCUT2D eigenvalue weighted by Crippen LogP contribution is -2.41. The van der Waals surface area contributed by atoms with Gasteiger partial charge in [-0.15, -0.1) is 24.0 Å². The number of imidazole rings is 1. The molecule has 1 aromatic heterocycles. The predicted octanol–water partition coefficient (Wildman–Crippen LogP) is 2.88. The van der Waals surface area contributed by atoms with Crippen molar-refractivity contribution >= 4 is 41.0 Å². The Hall–Kier alpha value is -1.39. The van der Waals surface area contributed by atoms with Gasteiger partial charge in [0, 0.05) is 53.0 Å². The van der Waals surface area contributed by atoms with Crippen LogP contribution in [0.2, 0.25) is 0 Å². The number of aryl methyl sites for hydroxylation is 2. The molecule has 0 saturated carbocycles. The lowest BCUT2D eigenvalue weighted by molar-refractivity contribution is 0.180. The van der Waals surface area contributed by atoms with Crippen LogP contribution in [0.15, 0.2) is 29.3 Å². The minimum absolute atomic E-state index is 0. The molecule has 1 aromatic carbocycles. The predicted molar refractivity (Wildman–Crippen MR) is 132 cm³/mol. The molecule has 7 nitrogen and oxygen atoms in total. The van der Waals surface area contributed by atoms with Crippen LogP contribution in [0.4, 0.5) is 0 Å². The maximum Gasteiger partial charge on any atom is 0.191 e. The number of benzene rings is 1. The zero-order valence-electron chi connectivity index (χ0n) is 18.3. The molecule has 0 saturated heterocycles. The van der Waals surface area contributed by atoms with E-state index in [1.807, 2.05) is 6.07 Å². The second kappa shape index (κ2) is 14.6. The molecule has 2 rings (SSSR count). The van der Waals surface area contributed by atoms with Crippen molar-refractivity contribution in [2.45, 2.75) is 33.2 Å². The first kappa shape index (κ1) is 25.6. The van der Waals surface area contributed by atoms with Crippen LogP contribution in [0.25, 0.3) is 11.0 Å². The molecule has 0 radical (unpaired) electrons. The lowest BCUT2D eigenvalue weighted by Gasteiger charge is -2.18. The number of nitrogens with one attached hydrogen (secondary N) is 2. The van der Waals surface area contributed by atoms with Crippen molar-refractivity contribution in [1.82, 2.24) is 25.1 Å². The van der Waals surface area contributed by atoms with Crippen LogP contribution in [0.5, 0.6) is 0 Å². The van der Waals surface area contributed by atoms with Gasteiger partial charge in [0.2, 0.25) is 0 Å². The molecule has 0 aliphatic carbocycles. The molecule has 0 bridgehead atoms. The highest BCUT2D eigenvalue weighted by Crippen LogP contribution is 2.15. The molecule has 0 aliphatic rings. The number of para-hydroxylation sites is 2. The Labute approximate surface area is 192 Å². The molecule has 1 heterocycles. The second-order valence-corrected chi connectivity index (χ2v) is 6.99. The number of guanidine groups is 1. The summed E-state index contributed by atoms with van der Waals surface area (Å²) in [5.41, 5.74) is 2.26.